The second kappa shape index (κ2) is 2.60. The Morgan fingerprint density at radius 2 is 1.90 bits per heavy atom. The number of rotatable bonds is 1. The maximum Gasteiger partial charge on any atom is 0.157 e. The topological polar surface area (TPSA) is 40.5 Å². The third-order valence-electron chi connectivity index (χ3n) is 1.33. The SMILES string of the molecule is [CH2]Cc1ccc(O)c(O)c1. The quantitative estimate of drug-likeness (QED) is 0.575. The monoisotopic (exact) mass is 137 g/mol. The van der Waals surface area contributed by atoms with Crippen LogP contribution in [0, 0.1) is 6.92 Å². The molecule has 0 heterocycles. The molecule has 1 radical (unpaired) electrons. The van der Waals surface area contributed by atoms with E-state index in [9.17, 15) is 0 Å². The lowest BCUT2D eigenvalue weighted by Gasteiger charge is -1.98. The molecule has 0 aliphatic rings. The van der Waals surface area contributed by atoms with Gasteiger partial charge < -0.3 is 10.2 Å². The molecule has 1 aromatic rings. The third-order valence-corrected chi connectivity index (χ3v) is 1.33. The number of benzene rings is 1. The van der Waals surface area contributed by atoms with Crippen molar-refractivity contribution >= 4 is 0 Å². The van der Waals surface area contributed by atoms with Crippen LogP contribution in [0.5, 0.6) is 11.5 Å². The molecule has 0 aromatic heterocycles. The predicted octanol–water partition coefficient (Wildman–Crippen LogP) is 1.47. The van der Waals surface area contributed by atoms with Crippen molar-refractivity contribution in [2.24, 2.45) is 0 Å². The zero-order valence-electron chi connectivity index (χ0n) is 5.54. The Balaban J connectivity index is 3.04. The Morgan fingerprint density at radius 3 is 2.40 bits per heavy atom. The van der Waals surface area contributed by atoms with Crippen molar-refractivity contribution in [3.63, 3.8) is 0 Å². The Bertz CT molecular complexity index is 231. The molecule has 0 saturated carbocycles. The average Bonchev–Trinajstić information content (AvgIpc) is 1.95. The molecule has 53 valence electrons. The Morgan fingerprint density at radius 1 is 1.20 bits per heavy atom. The van der Waals surface area contributed by atoms with E-state index in [-0.39, 0.29) is 11.5 Å². The van der Waals surface area contributed by atoms with E-state index >= 15 is 0 Å². The van der Waals surface area contributed by atoms with Gasteiger partial charge in [0.05, 0.1) is 0 Å². The third kappa shape index (κ3) is 1.21. The lowest BCUT2D eigenvalue weighted by atomic mass is 10.1. The summed E-state index contributed by atoms with van der Waals surface area (Å²) in [6.45, 7) is 3.63. The Hall–Kier alpha value is -1.18. The fraction of sp³-hybridized carbons (Fsp3) is 0.125. The summed E-state index contributed by atoms with van der Waals surface area (Å²) < 4.78 is 0. The van der Waals surface area contributed by atoms with Gasteiger partial charge in [0, 0.05) is 0 Å². The fourth-order valence-corrected chi connectivity index (χ4v) is 0.725. The zero-order chi connectivity index (χ0) is 7.56. The molecule has 0 aliphatic heterocycles. The van der Waals surface area contributed by atoms with E-state index in [4.69, 9.17) is 10.2 Å². The minimum absolute atomic E-state index is 0.0823. The lowest BCUT2D eigenvalue weighted by Crippen LogP contribution is -1.78. The van der Waals surface area contributed by atoms with Crippen molar-refractivity contribution in [2.45, 2.75) is 6.42 Å². The summed E-state index contributed by atoms with van der Waals surface area (Å²) in [5.74, 6) is -0.168. The van der Waals surface area contributed by atoms with E-state index in [2.05, 4.69) is 6.92 Å². The highest BCUT2D eigenvalue weighted by Gasteiger charge is 1.97. The minimum atomic E-state index is -0.0859. The van der Waals surface area contributed by atoms with Crippen LogP contribution in [0.3, 0.4) is 0 Å². The van der Waals surface area contributed by atoms with Gasteiger partial charge in [-0.05, 0) is 31.0 Å². The van der Waals surface area contributed by atoms with E-state index < -0.39 is 0 Å². The van der Waals surface area contributed by atoms with Crippen molar-refractivity contribution in [3.8, 4) is 11.5 Å². The first kappa shape index (κ1) is 6.93. The zero-order valence-corrected chi connectivity index (χ0v) is 5.54. The van der Waals surface area contributed by atoms with Gasteiger partial charge in [-0.3, -0.25) is 0 Å². The minimum Gasteiger partial charge on any atom is -0.504 e. The molecule has 2 nitrogen and oxygen atoms in total. The summed E-state index contributed by atoms with van der Waals surface area (Å²) in [7, 11) is 0. The van der Waals surface area contributed by atoms with Crippen molar-refractivity contribution in [2.75, 3.05) is 0 Å². The summed E-state index contributed by atoms with van der Waals surface area (Å²) in [5, 5.41) is 17.8. The van der Waals surface area contributed by atoms with Crippen LogP contribution >= 0.6 is 0 Å². The summed E-state index contributed by atoms with van der Waals surface area (Å²) >= 11 is 0. The smallest absolute Gasteiger partial charge is 0.157 e. The molecule has 10 heavy (non-hydrogen) atoms. The highest BCUT2D eigenvalue weighted by atomic mass is 16.3. The van der Waals surface area contributed by atoms with Crippen molar-refractivity contribution < 1.29 is 10.2 Å². The molecule has 0 amide bonds. The van der Waals surface area contributed by atoms with Crippen molar-refractivity contribution in [1.82, 2.24) is 0 Å². The fourth-order valence-electron chi connectivity index (χ4n) is 0.725. The maximum absolute atomic E-state index is 8.95. The summed E-state index contributed by atoms with van der Waals surface area (Å²) in [6, 6.07) is 4.68. The van der Waals surface area contributed by atoms with Crippen LogP contribution in [-0.2, 0) is 6.42 Å². The van der Waals surface area contributed by atoms with Gasteiger partial charge in [0.1, 0.15) is 0 Å². The summed E-state index contributed by atoms with van der Waals surface area (Å²) in [4.78, 5) is 0. The van der Waals surface area contributed by atoms with Crippen LogP contribution in [0.2, 0.25) is 0 Å². The first-order chi connectivity index (χ1) is 4.74. The number of phenolic OH excluding ortho intramolecular Hbond substituents is 2. The van der Waals surface area contributed by atoms with Crippen LogP contribution in [0.4, 0.5) is 0 Å². The van der Waals surface area contributed by atoms with E-state index in [1.165, 1.54) is 12.1 Å². The van der Waals surface area contributed by atoms with Gasteiger partial charge in [-0.15, -0.1) is 0 Å². The van der Waals surface area contributed by atoms with Crippen LogP contribution in [0.15, 0.2) is 18.2 Å². The molecule has 0 aliphatic carbocycles. The number of aromatic hydroxyl groups is 2. The van der Waals surface area contributed by atoms with Crippen LogP contribution in [0.25, 0.3) is 0 Å². The van der Waals surface area contributed by atoms with Crippen LogP contribution in [-0.4, -0.2) is 10.2 Å². The molecule has 1 rings (SSSR count). The average molecular weight is 137 g/mol. The van der Waals surface area contributed by atoms with Crippen molar-refractivity contribution in [1.29, 1.82) is 0 Å². The molecule has 0 unspecified atom stereocenters. The molecular weight excluding hydrogens is 128 g/mol. The number of phenols is 2. The van der Waals surface area contributed by atoms with E-state index in [0.29, 0.717) is 6.42 Å². The highest BCUT2D eigenvalue weighted by Crippen LogP contribution is 2.24. The van der Waals surface area contributed by atoms with Crippen molar-refractivity contribution in [3.05, 3.63) is 30.7 Å². The Labute approximate surface area is 59.7 Å². The van der Waals surface area contributed by atoms with Crippen LogP contribution < -0.4 is 0 Å². The first-order valence-corrected chi connectivity index (χ1v) is 3.04. The molecule has 1 aromatic carbocycles. The lowest BCUT2D eigenvalue weighted by molar-refractivity contribution is 0.403. The first-order valence-electron chi connectivity index (χ1n) is 3.04. The van der Waals surface area contributed by atoms with Gasteiger partial charge in [0.2, 0.25) is 0 Å². The molecule has 2 N–H and O–H groups in total. The highest BCUT2D eigenvalue weighted by molar-refractivity contribution is 5.40. The molecule has 0 atom stereocenters. The van der Waals surface area contributed by atoms with E-state index in [1.54, 1.807) is 6.07 Å². The normalized spacial score (nSPS) is 9.70. The van der Waals surface area contributed by atoms with Gasteiger partial charge in [0.15, 0.2) is 11.5 Å². The molecule has 0 bridgehead atoms. The van der Waals surface area contributed by atoms with Gasteiger partial charge >= 0.3 is 0 Å². The molecule has 0 fully saturated rings. The second-order valence-electron chi connectivity index (χ2n) is 2.07. The van der Waals surface area contributed by atoms with Crippen LogP contribution in [0.1, 0.15) is 5.56 Å². The molecule has 0 spiro atoms. The molecule has 0 saturated heterocycles. The maximum atomic E-state index is 8.95. The summed E-state index contributed by atoms with van der Waals surface area (Å²) in [5.41, 5.74) is 0.912. The standard InChI is InChI=1S/C8H9O2/c1-2-6-3-4-7(9)8(10)5-6/h3-5,9-10H,1-2H2. The van der Waals surface area contributed by atoms with Gasteiger partial charge in [-0.25, -0.2) is 0 Å². The number of hydrogen-bond acceptors (Lipinski definition) is 2. The van der Waals surface area contributed by atoms with Gasteiger partial charge in [-0.1, -0.05) is 6.07 Å². The van der Waals surface area contributed by atoms with E-state index in [1.807, 2.05) is 0 Å². The molecular formula is C8H9O2. The van der Waals surface area contributed by atoms with E-state index in [0.717, 1.165) is 5.56 Å². The van der Waals surface area contributed by atoms with Gasteiger partial charge in [0.25, 0.3) is 0 Å². The summed E-state index contributed by atoms with van der Waals surface area (Å²) in [6.07, 6.45) is 0.619. The number of hydrogen-bond donors (Lipinski definition) is 2. The van der Waals surface area contributed by atoms with Gasteiger partial charge in [-0.2, -0.15) is 0 Å². The Kier molecular flexibility index (Phi) is 1.81. The largest absolute Gasteiger partial charge is 0.504 e. The predicted molar refractivity (Wildman–Crippen MR) is 38.8 cm³/mol. The second-order valence-corrected chi connectivity index (χ2v) is 2.07. The molecule has 2 heteroatoms.